The molecule has 1 amide bonds. The Morgan fingerprint density at radius 2 is 2.25 bits per heavy atom. The SMILES string of the molecule is CCCC1=NN2C(=N)/C(=C/c3cc(Br)ccc3OC)C(=O)N=C2S1. The normalized spacial score (nSPS) is 18.6. The second kappa shape index (κ2) is 6.90. The Morgan fingerprint density at radius 3 is 2.96 bits per heavy atom. The van der Waals surface area contributed by atoms with Crippen LogP contribution in [0, 0.1) is 5.41 Å². The van der Waals surface area contributed by atoms with Crippen molar-refractivity contribution in [3.63, 3.8) is 0 Å². The van der Waals surface area contributed by atoms with E-state index >= 15 is 0 Å². The zero-order valence-electron chi connectivity index (χ0n) is 13.2. The molecule has 24 heavy (non-hydrogen) atoms. The molecule has 6 nitrogen and oxygen atoms in total. The van der Waals surface area contributed by atoms with E-state index in [1.807, 2.05) is 12.1 Å². The summed E-state index contributed by atoms with van der Waals surface area (Å²) in [6, 6.07) is 5.48. The van der Waals surface area contributed by atoms with E-state index in [-0.39, 0.29) is 11.4 Å². The standard InChI is InChI=1S/C16H15BrN4O2S/c1-3-4-13-20-21-14(18)11(15(22)19-16(21)24-13)8-9-7-10(17)5-6-12(9)23-2/h5-8,18H,3-4H2,1-2H3/b11-8-,18-14?. The number of nitrogens with one attached hydrogen (secondary N) is 1. The van der Waals surface area contributed by atoms with Gasteiger partial charge in [-0.05, 0) is 48.9 Å². The van der Waals surface area contributed by atoms with Crippen molar-refractivity contribution in [2.75, 3.05) is 7.11 Å². The van der Waals surface area contributed by atoms with Crippen molar-refractivity contribution >= 4 is 55.7 Å². The fourth-order valence-corrected chi connectivity index (χ4v) is 3.69. The first-order chi connectivity index (χ1) is 11.5. The number of hydrogen-bond donors (Lipinski definition) is 1. The summed E-state index contributed by atoms with van der Waals surface area (Å²) in [4.78, 5) is 16.4. The van der Waals surface area contributed by atoms with E-state index in [9.17, 15) is 4.79 Å². The molecule has 2 heterocycles. The second-order valence-corrected chi connectivity index (χ2v) is 7.11. The molecule has 0 saturated heterocycles. The number of rotatable bonds is 4. The Kier molecular flexibility index (Phi) is 4.86. The molecule has 1 aromatic rings. The van der Waals surface area contributed by atoms with Crippen LogP contribution in [0.2, 0.25) is 0 Å². The van der Waals surface area contributed by atoms with E-state index < -0.39 is 5.91 Å². The number of halogens is 1. The molecule has 1 aromatic carbocycles. The predicted molar refractivity (Wildman–Crippen MR) is 101 cm³/mol. The lowest BCUT2D eigenvalue weighted by Gasteiger charge is -2.20. The fourth-order valence-electron chi connectivity index (χ4n) is 2.32. The third-order valence-corrected chi connectivity index (χ3v) is 4.91. The lowest BCUT2D eigenvalue weighted by molar-refractivity contribution is -0.114. The summed E-state index contributed by atoms with van der Waals surface area (Å²) in [6.07, 6.45) is 3.37. The predicted octanol–water partition coefficient (Wildman–Crippen LogP) is 3.88. The third-order valence-electron chi connectivity index (χ3n) is 3.45. The number of hydrogen-bond acceptors (Lipinski definition) is 5. The van der Waals surface area contributed by atoms with Crippen molar-refractivity contribution in [1.29, 1.82) is 5.41 Å². The van der Waals surface area contributed by atoms with Gasteiger partial charge >= 0.3 is 0 Å². The largest absolute Gasteiger partial charge is 0.496 e. The van der Waals surface area contributed by atoms with Crippen LogP contribution in [-0.2, 0) is 4.79 Å². The highest BCUT2D eigenvalue weighted by Crippen LogP contribution is 2.31. The first-order valence-electron chi connectivity index (χ1n) is 7.36. The Bertz CT molecular complexity index is 816. The van der Waals surface area contributed by atoms with Gasteiger partial charge in [0.15, 0.2) is 5.84 Å². The summed E-state index contributed by atoms with van der Waals surface area (Å²) in [7, 11) is 1.56. The Hall–Kier alpha value is -1.93. The summed E-state index contributed by atoms with van der Waals surface area (Å²) < 4.78 is 6.18. The number of nitrogens with zero attached hydrogens (tertiary/aromatic N) is 3. The van der Waals surface area contributed by atoms with Crippen molar-refractivity contribution in [2.24, 2.45) is 10.1 Å². The third kappa shape index (κ3) is 3.16. The van der Waals surface area contributed by atoms with Gasteiger partial charge in [-0.15, -0.1) is 0 Å². The Balaban J connectivity index is 2.00. The molecule has 0 fully saturated rings. The maximum Gasteiger partial charge on any atom is 0.283 e. The van der Waals surface area contributed by atoms with Crippen LogP contribution < -0.4 is 4.74 Å². The molecule has 3 rings (SSSR count). The molecule has 0 radical (unpaired) electrons. The molecule has 2 aliphatic rings. The van der Waals surface area contributed by atoms with Crippen LogP contribution in [0.25, 0.3) is 6.08 Å². The molecular formula is C16H15BrN4O2S. The van der Waals surface area contributed by atoms with Gasteiger partial charge in [0.2, 0.25) is 5.17 Å². The van der Waals surface area contributed by atoms with Crippen molar-refractivity contribution < 1.29 is 9.53 Å². The quantitative estimate of drug-likeness (QED) is 0.769. The van der Waals surface area contributed by atoms with E-state index in [0.29, 0.717) is 16.5 Å². The maximum atomic E-state index is 12.4. The van der Waals surface area contributed by atoms with Crippen LogP contribution in [0.4, 0.5) is 0 Å². The smallest absolute Gasteiger partial charge is 0.283 e. The van der Waals surface area contributed by atoms with Crippen molar-refractivity contribution in [3.8, 4) is 5.75 Å². The van der Waals surface area contributed by atoms with Gasteiger partial charge in [-0.1, -0.05) is 22.9 Å². The van der Waals surface area contributed by atoms with Gasteiger partial charge in [0.25, 0.3) is 5.91 Å². The molecule has 1 N–H and O–H groups in total. The average molecular weight is 407 g/mol. The van der Waals surface area contributed by atoms with Crippen molar-refractivity contribution in [2.45, 2.75) is 19.8 Å². The molecule has 0 aliphatic carbocycles. The first-order valence-corrected chi connectivity index (χ1v) is 8.97. The van der Waals surface area contributed by atoms with Crippen LogP contribution in [0.1, 0.15) is 25.3 Å². The van der Waals surface area contributed by atoms with E-state index in [0.717, 1.165) is 22.4 Å². The highest BCUT2D eigenvalue weighted by atomic mass is 79.9. The highest BCUT2D eigenvalue weighted by molar-refractivity contribution is 9.10. The zero-order valence-corrected chi connectivity index (χ0v) is 15.6. The van der Waals surface area contributed by atoms with E-state index in [1.54, 1.807) is 19.3 Å². The van der Waals surface area contributed by atoms with Crippen LogP contribution in [-0.4, -0.2) is 34.1 Å². The maximum absolute atomic E-state index is 12.4. The fraction of sp³-hybridized carbons (Fsp3) is 0.250. The molecule has 2 aliphatic heterocycles. The number of fused-ring (bicyclic) bond motifs is 1. The molecule has 0 unspecified atom stereocenters. The lowest BCUT2D eigenvalue weighted by atomic mass is 10.1. The second-order valence-electron chi connectivity index (χ2n) is 5.15. The number of ether oxygens (including phenoxy) is 1. The minimum Gasteiger partial charge on any atom is -0.496 e. The molecule has 8 heteroatoms. The molecule has 0 aromatic heterocycles. The summed E-state index contributed by atoms with van der Waals surface area (Å²) >= 11 is 4.75. The number of aliphatic imine (C=N–C) groups is 1. The van der Waals surface area contributed by atoms with Crippen molar-refractivity contribution in [3.05, 3.63) is 33.8 Å². The number of thioether (sulfide) groups is 1. The first kappa shape index (κ1) is 16.9. The lowest BCUT2D eigenvalue weighted by Crippen LogP contribution is -2.35. The van der Waals surface area contributed by atoms with Gasteiger partial charge in [0.1, 0.15) is 10.8 Å². The summed E-state index contributed by atoms with van der Waals surface area (Å²) in [5, 5.41) is 15.5. The molecular weight excluding hydrogens is 392 g/mol. The van der Waals surface area contributed by atoms with E-state index in [4.69, 9.17) is 10.1 Å². The highest BCUT2D eigenvalue weighted by Gasteiger charge is 2.35. The molecule has 0 bridgehead atoms. The number of carbonyl (C=O) groups is 1. The van der Waals surface area contributed by atoms with Gasteiger partial charge in [0, 0.05) is 10.0 Å². The molecule has 0 atom stereocenters. The monoisotopic (exact) mass is 406 g/mol. The Labute approximate surface area is 152 Å². The summed E-state index contributed by atoms with van der Waals surface area (Å²) in [5.41, 5.74) is 0.889. The van der Waals surface area contributed by atoms with Crippen molar-refractivity contribution in [1.82, 2.24) is 5.01 Å². The van der Waals surface area contributed by atoms with Crippen LogP contribution >= 0.6 is 27.7 Å². The van der Waals surface area contributed by atoms with Gasteiger partial charge in [-0.3, -0.25) is 10.2 Å². The van der Waals surface area contributed by atoms with E-state index in [1.165, 1.54) is 16.8 Å². The van der Waals surface area contributed by atoms with E-state index in [2.05, 4.69) is 32.9 Å². The number of carbonyl (C=O) groups excluding carboxylic acids is 1. The Morgan fingerprint density at radius 1 is 1.46 bits per heavy atom. The van der Waals surface area contributed by atoms with Gasteiger partial charge in [-0.25, -0.2) is 0 Å². The molecule has 0 spiro atoms. The van der Waals surface area contributed by atoms with Gasteiger partial charge in [-0.2, -0.15) is 15.1 Å². The number of amidine groups is 2. The van der Waals surface area contributed by atoms with Crippen LogP contribution in [0.15, 0.2) is 38.3 Å². The van der Waals surface area contributed by atoms with Gasteiger partial charge < -0.3 is 4.74 Å². The minimum atomic E-state index is -0.436. The average Bonchev–Trinajstić information content (AvgIpc) is 2.94. The number of benzene rings is 1. The molecule has 124 valence electrons. The minimum absolute atomic E-state index is 0.0330. The summed E-state index contributed by atoms with van der Waals surface area (Å²) in [6.45, 7) is 2.06. The number of hydrazone groups is 1. The number of methoxy groups -OCH3 is 1. The zero-order chi connectivity index (χ0) is 17.3. The topological polar surface area (TPSA) is 78.1 Å². The van der Waals surface area contributed by atoms with Crippen LogP contribution in [0.5, 0.6) is 5.75 Å². The summed E-state index contributed by atoms with van der Waals surface area (Å²) in [5.74, 6) is 0.214. The van der Waals surface area contributed by atoms with Crippen LogP contribution in [0.3, 0.4) is 0 Å². The number of amides is 1. The molecule has 0 saturated carbocycles. The van der Waals surface area contributed by atoms with Gasteiger partial charge in [0.05, 0.1) is 12.7 Å².